The standard InChI is InChI=1S/C11H20N2O3S/c1-3-4-12(7-10(14)15)11(16)13-5-6-17-8-9(13)2/h9H,3-8H2,1-2H3,(H,14,15). The van der Waals surface area contributed by atoms with E-state index in [1.807, 2.05) is 25.6 Å². The maximum Gasteiger partial charge on any atom is 0.323 e. The van der Waals surface area contributed by atoms with Gasteiger partial charge in [-0.1, -0.05) is 6.92 Å². The van der Waals surface area contributed by atoms with Gasteiger partial charge in [-0.15, -0.1) is 0 Å². The van der Waals surface area contributed by atoms with Crippen molar-refractivity contribution in [2.75, 3.05) is 31.1 Å². The Morgan fingerprint density at radius 2 is 2.24 bits per heavy atom. The molecule has 98 valence electrons. The minimum atomic E-state index is -0.953. The third kappa shape index (κ3) is 4.11. The minimum absolute atomic E-state index is 0.137. The summed E-state index contributed by atoms with van der Waals surface area (Å²) in [5.74, 6) is 0.910. The highest BCUT2D eigenvalue weighted by Crippen LogP contribution is 2.17. The summed E-state index contributed by atoms with van der Waals surface area (Å²) in [7, 11) is 0. The van der Waals surface area contributed by atoms with Crippen molar-refractivity contribution in [3.8, 4) is 0 Å². The zero-order valence-electron chi connectivity index (χ0n) is 10.4. The van der Waals surface area contributed by atoms with E-state index in [1.54, 1.807) is 4.90 Å². The SMILES string of the molecule is CCCN(CC(=O)O)C(=O)N1CCSCC1C. The van der Waals surface area contributed by atoms with Crippen LogP contribution in [0.1, 0.15) is 20.3 Å². The lowest BCUT2D eigenvalue weighted by atomic mass is 10.3. The van der Waals surface area contributed by atoms with Gasteiger partial charge in [-0.05, 0) is 13.3 Å². The van der Waals surface area contributed by atoms with E-state index in [1.165, 1.54) is 4.90 Å². The summed E-state index contributed by atoms with van der Waals surface area (Å²) in [6.07, 6.45) is 0.774. The number of urea groups is 1. The van der Waals surface area contributed by atoms with Crippen LogP contribution in [-0.2, 0) is 4.79 Å². The van der Waals surface area contributed by atoms with E-state index in [2.05, 4.69) is 0 Å². The van der Waals surface area contributed by atoms with E-state index >= 15 is 0 Å². The summed E-state index contributed by atoms with van der Waals surface area (Å²) in [5, 5.41) is 8.81. The van der Waals surface area contributed by atoms with Crippen molar-refractivity contribution in [3.63, 3.8) is 0 Å². The number of hydrogen-bond donors (Lipinski definition) is 1. The second-order valence-corrected chi connectivity index (χ2v) is 5.37. The van der Waals surface area contributed by atoms with Crippen LogP contribution in [0.15, 0.2) is 0 Å². The van der Waals surface area contributed by atoms with Crippen molar-refractivity contribution in [1.29, 1.82) is 0 Å². The largest absolute Gasteiger partial charge is 0.480 e. The van der Waals surface area contributed by atoms with Crippen LogP contribution in [0.2, 0.25) is 0 Å². The van der Waals surface area contributed by atoms with E-state index in [-0.39, 0.29) is 18.6 Å². The van der Waals surface area contributed by atoms with Gasteiger partial charge in [0.25, 0.3) is 0 Å². The van der Waals surface area contributed by atoms with Gasteiger partial charge in [0, 0.05) is 30.6 Å². The van der Waals surface area contributed by atoms with Crippen LogP contribution < -0.4 is 0 Å². The Kier molecular flexibility index (Phi) is 5.61. The van der Waals surface area contributed by atoms with Gasteiger partial charge in [0.2, 0.25) is 0 Å². The number of hydrogen-bond acceptors (Lipinski definition) is 3. The molecule has 0 aliphatic carbocycles. The Bertz CT molecular complexity index is 286. The number of thioether (sulfide) groups is 1. The smallest absolute Gasteiger partial charge is 0.323 e. The lowest BCUT2D eigenvalue weighted by molar-refractivity contribution is -0.137. The third-order valence-electron chi connectivity index (χ3n) is 2.70. The second-order valence-electron chi connectivity index (χ2n) is 4.22. The molecule has 17 heavy (non-hydrogen) atoms. The molecule has 6 heteroatoms. The Hall–Kier alpha value is -0.910. The van der Waals surface area contributed by atoms with E-state index < -0.39 is 5.97 Å². The molecule has 0 aromatic heterocycles. The molecule has 1 heterocycles. The molecule has 5 nitrogen and oxygen atoms in total. The van der Waals surface area contributed by atoms with Crippen LogP contribution in [0.25, 0.3) is 0 Å². The van der Waals surface area contributed by atoms with Crippen molar-refractivity contribution in [1.82, 2.24) is 9.80 Å². The van der Waals surface area contributed by atoms with Crippen molar-refractivity contribution in [2.45, 2.75) is 26.3 Å². The Morgan fingerprint density at radius 1 is 1.53 bits per heavy atom. The molecule has 0 spiro atoms. The van der Waals surface area contributed by atoms with Gasteiger partial charge in [-0.2, -0.15) is 11.8 Å². The average molecular weight is 260 g/mol. The number of carboxylic acids is 1. The van der Waals surface area contributed by atoms with Crippen molar-refractivity contribution >= 4 is 23.8 Å². The van der Waals surface area contributed by atoms with E-state index in [0.29, 0.717) is 13.1 Å². The summed E-state index contributed by atoms with van der Waals surface area (Å²) in [4.78, 5) is 26.2. The normalized spacial score (nSPS) is 20.1. The van der Waals surface area contributed by atoms with Crippen molar-refractivity contribution in [3.05, 3.63) is 0 Å². The van der Waals surface area contributed by atoms with Crippen LogP contribution in [0.3, 0.4) is 0 Å². The molecule has 1 N–H and O–H groups in total. The lowest BCUT2D eigenvalue weighted by Gasteiger charge is -2.36. The number of rotatable bonds is 4. The average Bonchev–Trinajstić information content (AvgIpc) is 2.28. The maximum absolute atomic E-state index is 12.2. The monoisotopic (exact) mass is 260 g/mol. The fourth-order valence-corrected chi connectivity index (χ4v) is 2.88. The van der Waals surface area contributed by atoms with Gasteiger partial charge in [0.1, 0.15) is 6.54 Å². The van der Waals surface area contributed by atoms with Crippen LogP contribution >= 0.6 is 11.8 Å². The van der Waals surface area contributed by atoms with Crippen molar-refractivity contribution in [2.24, 2.45) is 0 Å². The predicted octanol–water partition coefficient (Wildman–Crippen LogP) is 1.34. The zero-order valence-corrected chi connectivity index (χ0v) is 11.2. The first-order valence-corrected chi connectivity index (χ1v) is 7.06. The van der Waals surface area contributed by atoms with Crippen LogP contribution in [0.5, 0.6) is 0 Å². The Balaban J connectivity index is 2.64. The Labute approximate surface area is 106 Å². The van der Waals surface area contributed by atoms with Crippen molar-refractivity contribution < 1.29 is 14.7 Å². The third-order valence-corrected chi connectivity index (χ3v) is 3.89. The molecule has 0 radical (unpaired) electrons. The summed E-state index contributed by atoms with van der Waals surface area (Å²) >= 11 is 1.83. The van der Waals surface area contributed by atoms with Crippen LogP contribution in [0, 0.1) is 0 Å². The molecular weight excluding hydrogens is 240 g/mol. The Morgan fingerprint density at radius 3 is 2.76 bits per heavy atom. The molecule has 1 fully saturated rings. The molecule has 0 aromatic rings. The minimum Gasteiger partial charge on any atom is -0.480 e. The molecule has 1 aliphatic heterocycles. The van der Waals surface area contributed by atoms with Gasteiger partial charge in [-0.25, -0.2) is 4.79 Å². The molecule has 1 atom stereocenters. The summed E-state index contributed by atoms with van der Waals surface area (Å²) in [6, 6.07) is 0.0523. The molecule has 0 bridgehead atoms. The summed E-state index contributed by atoms with van der Waals surface area (Å²) in [6.45, 7) is 4.96. The number of nitrogens with zero attached hydrogens (tertiary/aromatic N) is 2. The number of carbonyl (C=O) groups excluding carboxylic acids is 1. The molecule has 0 aromatic carbocycles. The molecule has 0 saturated carbocycles. The first-order valence-electron chi connectivity index (χ1n) is 5.91. The van der Waals surface area contributed by atoms with E-state index in [9.17, 15) is 9.59 Å². The first kappa shape index (κ1) is 14.2. The molecule has 1 rings (SSSR count). The number of amides is 2. The van der Waals surface area contributed by atoms with Crippen LogP contribution in [0.4, 0.5) is 4.79 Å². The zero-order chi connectivity index (χ0) is 12.8. The fraction of sp³-hybridized carbons (Fsp3) is 0.818. The highest BCUT2D eigenvalue weighted by atomic mass is 32.2. The van der Waals surface area contributed by atoms with Gasteiger partial charge in [0.05, 0.1) is 0 Å². The lowest BCUT2D eigenvalue weighted by Crippen LogP contribution is -2.52. The van der Waals surface area contributed by atoms with E-state index in [0.717, 1.165) is 17.9 Å². The topological polar surface area (TPSA) is 60.9 Å². The second kappa shape index (κ2) is 6.74. The van der Waals surface area contributed by atoms with Gasteiger partial charge < -0.3 is 14.9 Å². The van der Waals surface area contributed by atoms with Gasteiger partial charge >= 0.3 is 12.0 Å². The molecular formula is C11H20N2O3S. The number of carboxylic acid groups (broad SMARTS) is 1. The fourth-order valence-electron chi connectivity index (χ4n) is 1.87. The predicted molar refractivity (Wildman–Crippen MR) is 68.4 cm³/mol. The maximum atomic E-state index is 12.2. The van der Waals surface area contributed by atoms with Crippen LogP contribution in [-0.4, -0.2) is 64.1 Å². The number of aliphatic carboxylic acids is 1. The quantitative estimate of drug-likeness (QED) is 0.828. The highest BCUT2D eigenvalue weighted by Gasteiger charge is 2.28. The summed E-state index contributed by atoms with van der Waals surface area (Å²) in [5.41, 5.74) is 0. The first-order chi connectivity index (χ1) is 8.06. The molecule has 1 saturated heterocycles. The molecule has 2 amide bonds. The highest BCUT2D eigenvalue weighted by molar-refractivity contribution is 7.99. The molecule has 1 unspecified atom stereocenters. The molecule has 1 aliphatic rings. The summed E-state index contributed by atoms with van der Waals surface area (Å²) < 4.78 is 0. The van der Waals surface area contributed by atoms with Gasteiger partial charge in [-0.3, -0.25) is 4.79 Å². The number of carbonyl (C=O) groups is 2. The van der Waals surface area contributed by atoms with E-state index in [4.69, 9.17) is 5.11 Å². The van der Waals surface area contributed by atoms with Gasteiger partial charge in [0.15, 0.2) is 0 Å².